The molecule has 0 aliphatic carbocycles. The first-order chi connectivity index (χ1) is 12.7. The van der Waals surface area contributed by atoms with Gasteiger partial charge in [-0.15, -0.1) is 0 Å². The average Bonchev–Trinajstić information content (AvgIpc) is 3.11. The summed E-state index contributed by atoms with van der Waals surface area (Å²) in [6.07, 6.45) is 4.35. The van der Waals surface area contributed by atoms with Gasteiger partial charge in [-0.2, -0.15) is 5.10 Å². The normalized spacial score (nSPS) is 16.9. The lowest BCUT2D eigenvalue weighted by Gasteiger charge is -2.25. The maximum atomic E-state index is 6.30. The van der Waals surface area contributed by atoms with Gasteiger partial charge in [-0.25, -0.2) is 9.67 Å². The van der Waals surface area contributed by atoms with E-state index >= 15 is 0 Å². The summed E-state index contributed by atoms with van der Waals surface area (Å²) in [5.74, 6) is 2.65. The van der Waals surface area contributed by atoms with Crippen LogP contribution in [0.4, 0.5) is 0 Å². The Balaban J connectivity index is 1.57. The highest BCUT2D eigenvalue weighted by molar-refractivity contribution is 6.31. The molecule has 2 heterocycles. The van der Waals surface area contributed by atoms with Crippen LogP contribution in [-0.2, 0) is 19.4 Å². The summed E-state index contributed by atoms with van der Waals surface area (Å²) in [5.41, 5.74) is 1.07. The van der Waals surface area contributed by atoms with Crippen LogP contribution in [0.1, 0.15) is 24.7 Å². The molecule has 1 aromatic heterocycles. The fourth-order valence-corrected chi connectivity index (χ4v) is 3.28. The molecule has 1 aliphatic heterocycles. The van der Waals surface area contributed by atoms with E-state index in [4.69, 9.17) is 16.3 Å². The van der Waals surface area contributed by atoms with Crippen molar-refractivity contribution in [1.82, 2.24) is 25.4 Å². The minimum atomic E-state index is 0.298. The number of aromatic nitrogens is 3. The third-order valence-electron chi connectivity index (χ3n) is 4.40. The highest BCUT2D eigenvalue weighted by Gasteiger charge is 2.20. The number of benzene rings is 1. The number of aryl methyl sites for hydroxylation is 1. The van der Waals surface area contributed by atoms with E-state index in [2.05, 4.69) is 32.6 Å². The minimum absolute atomic E-state index is 0.298. The predicted octanol–water partition coefficient (Wildman–Crippen LogP) is 2.05. The SMILES string of the molecule is CCNC(=NCCc1ccc(OC)cc1Cl)NC1CCc2ncnn2C1. The van der Waals surface area contributed by atoms with Crippen molar-refractivity contribution < 1.29 is 4.74 Å². The van der Waals surface area contributed by atoms with Gasteiger partial charge in [-0.1, -0.05) is 17.7 Å². The van der Waals surface area contributed by atoms with Crippen molar-refractivity contribution in [3.63, 3.8) is 0 Å². The number of ether oxygens (including phenoxy) is 1. The third-order valence-corrected chi connectivity index (χ3v) is 4.75. The molecule has 2 N–H and O–H groups in total. The molecule has 1 unspecified atom stereocenters. The van der Waals surface area contributed by atoms with Gasteiger partial charge in [0.1, 0.15) is 17.9 Å². The summed E-state index contributed by atoms with van der Waals surface area (Å²) in [4.78, 5) is 8.96. The highest BCUT2D eigenvalue weighted by atomic mass is 35.5. The van der Waals surface area contributed by atoms with Gasteiger partial charge in [0.25, 0.3) is 0 Å². The van der Waals surface area contributed by atoms with E-state index < -0.39 is 0 Å². The number of fused-ring (bicyclic) bond motifs is 1. The number of nitrogens with zero attached hydrogens (tertiary/aromatic N) is 4. The lowest BCUT2D eigenvalue weighted by atomic mass is 10.1. The molecule has 1 atom stereocenters. The van der Waals surface area contributed by atoms with E-state index in [0.29, 0.717) is 17.6 Å². The minimum Gasteiger partial charge on any atom is -0.497 e. The van der Waals surface area contributed by atoms with Crippen LogP contribution in [0.5, 0.6) is 5.75 Å². The Bertz CT molecular complexity index is 760. The number of nitrogens with one attached hydrogen (secondary N) is 2. The van der Waals surface area contributed by atoms with Gasteiger partial charge >= 0.3 is 0 Å². The molecule has 0 fully saturated rings. The first-order valence-electron chi connectivity index (χ1n) is 8.93. The zero-order chi connectivity index (χ0) is 18.4. The van der Waals surface area contributed by atoms with Crippen LogP contribution < -0.4 is 15.4 Å². The molecule has 0 bridgehead atoms. The van der Waals surface area contributed by atoms with Gasteiger partial charge in [0.2, 0.25) is 0 Å². The molecule has 0 spiro atoms. The molecule has 2 aromatic rings. The van der Waals surface area contributed by atoms with Gasteiger partial charge in [0.15, 0.2) is 5.96 Å². The Labute approximate surface area is 158 Å². The maximum absolute atomic E-state index is 6.30. The molecule has 1 aliphatic rings. The van der Waals surface area contributed by atoms with Gasteiger partial charge < -0.3 is 15.4 Å². The predicted molar refractivity (Wildman–Crippen MR) is 103 cm³/mol. The number of hydrogen-bond acceptors (Lipinski definition) is 4. The number of halogens is 1. The number of methoxy groups -OCH3 is 1. The Kier molecular flexibility index (Phi) is 6.33. The van der Waals surface area contributed by atoms with E-state index in [9.17, 15) is 0 Å². The number of hydrogen-bond donors (Lipinski definition) is 2. The van der Waals surface area contributed by atoms with Crippen LogP contribution in [0.3, 0.4) is 0 Å². The first kappa shape index (κ1) is 18.5. The van der Waals surface area contributed by atoms with Crippen molar-refractivity contribution in [2.45, 2.75) is 38.8 Å². The second-order valence-corrected chi connectivity index (χ2v) is 6.61. The van der Waals surface area contributed by atoms with Crippen molar-refractivity contribution in [3.8, 4) is 5.75 Å². The molecular weight excluding hydrogens is 352 g/mol. The average molecular weight is 377 g/mol. The van der Waals surface area contributed by atoms with Crippen LogP contribution in [0.2, 0.25) is 5.02 Å². The van der Waals surface area contributed by atoms with Crippen LogP contribution >= 0.6 is 11.6 Å². The summed E-state index contributed by atoms with van der Waals surface area (Å²) >= 11 is 6.30. The quantitative estimate of drug-likeness (QED) is 0.596. The zero-order valence-electron chi connectivity index (χ0n) is 15.2. The van der Waals surface area contributed by atoms with Gasteiger partial charge in [0, 0.05) is 30.6 Å². The van der Waals surface area contributed by atoms with Crippen LogP contribution in [0.25, 0.3) is 0 Å². The molecule has 7 nitrogen and oxygen atoms in total. The molecule has 0 radical (unpaired) electrons. The van der Waals surface area contributed by atoms with Gasteiger partial charge in [-0.05, 0) is 37.5 Å². The lowest BCUT2D eigenvalue weighted by molar-refractivity contribution is 0.393. The van der Waals surface area contributed by atoms with Crippen LogP contribution in [-0.4, -0.2) is 47.0 Å². The zero-order valence-corrected chi connectivity index (χ0v) is 16.0. The largest absolute Gasteiger partial charge is 0.497 e. The van der Waals surface area contributed by atoms with Crippen molar-refractivity contribution in [2.75, 3.05) is 20.2 Å². The van der Waals surface area contributed by atoms with Crippen molar-refractivity contribution in [3.05, 3.63) is 40.9 Å². The second kappa shape index (κ2) is 8.89. The fourth-order valence-electron chi connectivity index (χ4n) is 3.01. The first-order valence-corrected chi connectivity index (χ1v) is 9.31. The van der Waals surface area contributed by atoms with E-state index in [-0.39, 0.29) is 0 Å². The van der Waals surface area contributed by atoms with E-state index in [1.807, 2.05) is 22.9 Å². The molecule has 140 valence electrons. The molecule has 1 aromatic carbocycles. The molecule has 26 heavy (non-hydrogen) atoms. The van der Waals surface area contributed by atoms with Crippen LogP contribution in [0.15, 0.2) is 29.5 Å². The molecular formula is C18H25ClN6O. The highest BCUT2D eigenvalue weighted by Crippen LogP contribution is 2.22. The molecule has 0 amide bonds. The Morgan fingerprint density at radius 3 is 3.12 bits per heavy atom. The second-order valence-electron chi connectivity index (χ2n) is 6.21. The van der Waals surface area contributed by atoms with E-state index in [1.54, 1.807) is 13.4 Å². The smallest absolute Gasteiger partial charge is 0.191 e. The van der Waals surface area contributed by atoms with E-state index in [1.165, 1.54) is 0 Å². The third kappa shape index (κ3) is 4.66. The van der Waals surface area contributed by atoms with E-state index in [0.717, 1.165) is 55.4 Å². The topological polar surface area (TPSA) is 76.4 Å². The summed E-state index contributed by atoms with van der Waals surface area (Å²) in [6, 6.07) is 6.05. The number of guanidine groups is 1. The summed E-state index contributed by atoms with van der Waals surface area (Å²) in [6.45, 7) is 4.34. The lowest BCUT2D eigenvalue weighted by Crippen LogP contribution is -2.47. The summed E-state index contributed by atoms with van der Waals surface area (Å²) < 4.78 is 7.15. The molecule has 8 heteroatoms. The van der Waals surface area contributed by atoms with Crippen molar-refractivity contribution in [2.24, 2.45) is 4.99 Å². The Hall–Kier alpha value is -2.28. The Morgan fingerprint density at radius 1 is 1.46 bits per heavy atom. The molecule has 0 saturated heterocycles. The number of aliphatic imine (C=N–C) groups is 1. The maximum Gasteiger partial charge on any atom is 0.191 e. The fraction of sp³-hybridized carbons (Fsp3) is 0.500. The molecule has 0 saturated carbocycles. The Morgan fingerprint density at radius 2 is 2.35 bits per heavy atom. The summed E-state index contributed by atoms with van der Waals surface area (Å²) in [7, 11) is 1.64. The molecule has 3 rings (SSSR count). The standard InChI is InChI=1S/C18H25ClN6O/c1-3-20-18(24-14-5-7-17-22-12-23-25(17)11-14)21-9-8-13-4-6-15(26-2)10-16(13)19/h4,6,10,12,14H,3,5,7-9,11H2,1-2H3,(H2,20,21,24). The number of rotatable bonds is 6. The summed E-state index contributed by atoms with van der Waals surface area (Å²) in [5, 5.41) is 11.8. The van der Waals surface area contributed by atoms with Gasteiger partial charge in [-0.3, -0.25) is 4.99 Å². The van der Waals surface area contributed by atoms with Crippen molar-refractivity contribution >= 4 is 17.6 Å². The van der Waals surface area contributed by atoms with Gasteiger partial charge in [0.05, 0.1) is 13.7 Å². The van der Waals surface area contributed by atoms with Crippen molar-refractivity contribution in [1.29, 1.82) is 0 Å². The monoisotopic (exact) mass is 376 g/mol. The van der Waals surface area contributed by atoms with Crippen LogP contribution in [0, 0.1) is 0 Å².